The minimum atomic E-state index is -0.292. The highest BCUT2D eigenvalue weighted by Crippen LogP contribution is 2.33. The van der Waals surface area contributed by atoms with Gasteiger partial charge in [0.1, 0.15) is 11.5 Å². The van der Waals surface area contributed by atoms with E-state index in [2.05, 4.69) is 20.8 Å². The highest BCUT2D eigenvalue weighted by atomic mass is 32.2. The fourth-order valence-corrected chi connectivity index (χ4v) is 4.49. The number of hydrogen-bond acceptors (Lipinski definition) is 8. The van der Waals surface area contributed by atoms with Crippen LogP contribution in [-0.4, -0.2) is 35.1 Å². The maximum atomic E-state index is 12.4. The Balaban J connectivity index is 1.52. The van der Waals surface area contributed by atoms with E-state index < -0.39 is 0 Å². The molecule has 2 N–H and O–H groups in total. The molecule has 158 valence electrons. The Kier molecular flexibility index (Phi) is 7.92. The quantitative estimate of drug-likeness (QED) is 0.446. The Morgan fingerprint density at radius 3 is 2.67 bits per heavy atom. The third kappa shape index (κ3) is 6.11. The van der Waals surface area contributed by atoms with Crippen LogP contribution < -0.4 is 20.1 Å². The van der Waals surface area contributed by atoms with Gasteiger partial charge in [-0.25, -0.2) is 0 Å². The molecule has 1 amide bonds. The molecule has 0 spiro atoms. The normalized spacial score (nSPS) is 11.6. The molecule has 0 bridgehead atoms. The molecule has 30 heavy (non-hydrogen) atoms. The summed E-state index contributed by atoms with van der Waals surface area (Å²) in [7, 11) is 1.63. The largest absolute Gasteiger partial charge is 0.497 e. The van der Waals surface area contributed by atoms with Crippen LogP contribution in [0.15, 0.2) is 52.9 Å². The van der Waals surface area contributed by atoms with Crippen molar-refractivity contribution in [3.8, 4) is 11.5 Å². The lowest BCUT2D eigenvalue weighted by atomic mass is 10.2. The van der Waals surface area contributed by atoms with Gasteiger partial charge in [-0.05, 0) is 43.7 Å². The molecule has 1 atom stereocenters. The number of carbonyl (C=O) groups is 1. The molecule has 0 fully saturated rings. The number of aromatic nitrogens is 2. The predicted molar refractivity (Wildman–Crippen MR) is 121 cm³/mol. The van der Waals surface area contributed by atoms with Crippen LogP contribution in [0.25, 0.3) is 0 Å². The number of thioether (sulfide) groups is 1. The molecule has 3 rings (SSSR count). The van der Waals surface area contributed by atoms with Crippen molar-refractivity contribution in [2.24, 2.45) is 0 Å². The smallest absolute Gasteiger partial charge is 0.233 e. The van der Waals surface area contributed by atoms with Crippen molar-refractivity contribution in [1.29, 1.82) is 0 Å². The van der Waals surface area contributed by atoms with Gasteiger partial charge in [-0.3, -0.25) is 4.79 Å². The second-order valence-electron chi connectivity index (χ2n) is 6.25. The van der Waals surface area contributed by atoms with Gasteiger partial charge in [0.15, 0.2) is 4.34 Å². The summed E-state index contributed by atoms with van der Waals surface area (Å²) >= 11 is 2.78. The molecule has 0 aliphatic carbocycles. The maximum Gasteiger partial charge on any atom is 0.233 e. The van der Waals surface area contributed by atoms with Crippen molar-refractivity contribution >= 4 is 39.8 Å². The zero-order valence-electron chi connectivity index (χ0n) is 17.0. The maximum absolute atomic E-state index is 12.4. The molecule has 0 radical (unpaired) electrons. The lowest BCUT2D eigenvalue weighted by Gasteiger charge is -2.11. The van der Waals surface area contributed by atoms with E-state index in [1.54, 1.807) is 7.11 Å². The molecule has 0 saturated carbocycles. The van der Waals surface area contributed by atoms with Crippen LogP contribution in [0.5, 0.6) is 11.5 Å². The monoisotopic (exact) mass is 444 g/mol. The molecule has 7 nitrogen and oxygen atoms in total. The van der Waals surface area contributed by atoms with Gasteiger partial charge in [0.25, 0.3) is 0 Å². The predicted octanol–water partition coefficient (Wildman–Crippen LogP) is 4.49. The number of anilines is 2. The summed E-state index contributed by atoms with van der Waals surface area (Å²) in [6.45, 7) is 4.84. The van der Waals surface area contributed by atoms with Crippen LogP contribution in [0.3, 0.4) is 0 Å². The molecule has 1 unspecified atom stereocenters. The van der Waals surface area contributed by atoms with Crippen LogP contribution in [-0.2, 0) is 11.3 Å². The summed E-state index contributed by atoms with van der Waals surface area (Å²) in [4.78, 5) is 12.4. The Morgan fingerprint density at radius 1 is 1.17 bits per heavy atom. The topological polar surface area (TPSA) is 85.4 Å². The summed E-state index contributed by atoms with van der Waals surface area (Å²) in [5, 5.41) is 14.9. The number of methoxy groups -OCH3 is 1. The first-order valence-corrected chi connectivity index (χ1v) is 11.2. The van der Waals surface area contributed by atoms with Crippen LogP contribution in [0.2, 0.25) is 0 Å². The van der Waals surface area contributed by atoms with Gasteiger partial charge < -0.3 is 20.1 Å². The molecule has 0 aliphatic heterocycles. The first kappa shape index (κ1) is 21.9. The van der Waals surface area contributed by atoms with Crippen LogP contribution in [0.1, 0.15) is 19.4 Å². The number of nitrogens with zero attached hydrogens (tertiary/aromatic N) is 2. The second-order valence-corrected chi connectivity index (χ2v) is 8.82. The zero-order chi connectivity index (χ0) is 21.3. The molecular weight excluding hydrogens is 420 g/mol. The van der Waals surface area contributed by atoms with Gasteiger partial charge in [-0.2, -0.15) is 0 Å². The average Bonchev–Trinajstić information content (AvgIpc) is 3.20. The fourth-order valence-electron chi connectivity index (χ4n) is 2.56. The number of ether oxygens (including phenoxy) is 2. The van der Waals surface area contributed by atoms with Crippen molar-refractivity contribution in [3.05, 3.63) is 54.1 Å². The molecule has 1 aromatic heterocycles. The van der Waals surface area contributed by atoms with Crippen molar-refractivity contribution in [3.63, 3.8) is 0 Å². The Bertz CT molecular complexity index is 963. The van der Waals surface area contributed by atoms with E-state index in [-0.39, 0.29) is 11.2 Å². The van der Waals surface area contributed by atoms with Crippen molar-refractivity contribution in [2.75, 3.05) is 19.0 Å². The standard InChI is InChI=1S/C21H24N4O3S2/c1-4-28-18-8-6-5-7-17(18)23-20-24-25-21(30-20)29-14(2)19(26)22-13-15-9-11-16(27-3)12-10-15/h5-12,14H,4,13H2,1-3H3,(H,22,26)(H,23,24). The van der Waals surface area contributed by atoms with E-state index in [9.17, 15) is 4.79 Å². The molecule has 2 aromatic carbocycles. The Morgan fingerprint density at radius 2 is 1.93 bits per heavy atom. The van der Waals surface area contributed by atoms with Crippen LogP contribution >= 0.6 is 23.1 Å². The number of carbonyl (C=O) groups excluding carboxylic acids is 1. The summed E-state index contributed by atoms with van der Waals surface area (Å²) < 4.78 is 11.5. The van der Waals surface area contributed by atoms with E-state index in [0.717, 1.165) is 27.1 Å². The lowest BCUT2D eigenvalue weighted by Crippen LogP contribution is -2.30. The van der Waals surface area contributed by atoms with Crippen LogP contribution in [0, 0.1) is 0 Å². The molecule has 3 aromatic rings. The molecule has 0 aliphatic rings. The van der Waals surface area contributed by atoms with Crippen LogP contribution in [0.4, 0.5) is 10.8 Å². The number of para-hydroxylation sites is 2. The first-order chi connectivity index (χ1) is 14.6. The zero-order valence-corrected chi connectivity index (χ0v) is 18.7. The fraction of sp³-hybridized carbons (Fsp3) is 0.286. The Hall–Kier alpha value is -2.78. The van der Waals surface area contributed by atoms with E-state index in [1.165, 1.54) is 23.1 Å². The molecular formula is C21H24N4O3S2. The van der Waals surface area contributed by atoms with Gasteiger partial charge in [-0.1, -0.05) is 47.4 Å². The van der Waals surface area contributed by atoms with E-state index in [4.69, 9.17) is 9.47 Å². The Labute approximate surface area is 184 Å². The summed E-state index contributed by atoms with van der Waals surface area (Å²) in [6, 6.07) is 15.3. The van der Waals surface area contributed by atoms with Gasteiger partial charge >= 0.3 is 0 Å². The highest BCUT2D eigenvalue weighted by Gasteiger charge is 2.17. The van der Waals surface area contributed by atoms with E-state index in [0.29, 0.717) is 18.3 Å². The highest BCUT2D eigenvalue weighted by molar-refractivity contribution is 8.02. The van der Waals surface area contributed by atoms with Gasteiger partial charge in [0, 0.05) is 6.54 Å². The first-order valence-electron chi connectivity index (χ1n) is 9.48. The SMILES string of the molecule is CCOc1ccccc1Nc1nnc(SC(C)C(=O)NCc2ccc(OC)cc2)s1. The van der Waals surface area contributed by atoms with Gasteiger partial charge in [-0.15, -0.1) is 10.2 Å². The number of rotatable bonds is 10. The van der Waals surface area contributed by atoms with Crippen molar-refractivity contribution < 1.29 is 14.3 Å². The van der Waals surface area contributed by atoms with Crippen molar-refractivity contribution in [2.45, 2.75) is 30.0 Å². The van der Waals surface area contributed by atoms with Crippen molar-refractivity contribution in [1.82, 2.24) is 15.5 Å². The second kappa shape index (κ2) is 10.8. The summed E-state index contributed by atoms with van der Waals surface area (Å²) in [6.07, 6.45) is 0. The number of nitrogens with one attached hydrogen (secondary N) is 2. The molecule has 0 saturated heterocycles. The molecule has 9 heteroatoms. The number of hydrogen-bond donors (Lipinski definition) is 2. The third-order valence-corrected chi connectivity index (χ3v) is 6.13. The van der Waals surface area contributed by atoms with E-state index >= 15 is 0 Å². The van der Waals surface area contributed by atoms with E-state index in [1.807, 2.05) is 62.4 Å². The van der Waals surface area contributed by atoms with Gasteiger partial charge in [0.05, 0.1) is 24.7 Å². The summed E-state index contributed by atoms with van der Waals surface area (Å²) in [5.41, 5.74) is 1.84. The molecule has 1 heterocycles. The third-order valence-electron chi connectivity index (χ3n) is 4.11. The van der Waals surface area contributed by atoms with Gasteiger partial charge in [0.2, 0.25) is 11.0 Å². The summed E-state index contributed by atoms with van der Waals surface area (Å²) in [5.74, 6) is 1.50. The average molecular weight is 445 g/mol. The number of benzene rings is 2. The lowest BCUT2D eigenvalue weighted by molar-refractivity contribution is -0.120. The minimum absolute atomic E-state index is 0.0535. The minimum Gasteiger partial charge on any atom is -0.497 e. The number of amides is 1.